The first-order valence-corrected chi connectivity index (χ1v) is 8.79. The molecule has 0 aromatic carbocycles. The highest BCUT2D eigenvalue weighted by molar-refractivity contribution is 7.12. The maximum atomic E-state index is 3.74. The molecule has 0 aliphatic carbocycles. The van der Waals surface area contributed by atoms with Gasteiger partial charge in [0.25, 0.3) is 0 Å². The second kappa shape index (κ2) is 6.57. The minimum atomic E-state index is 0. The van der Waals surface area contributed by atoms with Crippen LogP contribution in [0.15, 0.2) is 12.1 Å². The molecule has 2 saturated heterocycles. The van der Waals surface area contributed by atoms with E-state index in [4.69, 9.17) is 0 Å². The van der Waals surface area contributed by atoms with Gasteiger partial charge in [0.15, 0.2) is 0 Å². The quantitative estimate of drug-likeness (QED) is 0.895. The Hall–Kier alpha value is -0.0900. The zero-order chi connectivity index (χ0) is 14.3. The second-order valence-corrected chi connectivity index (χ2v) is 8.86. The second-order valence-electron chi connectivity index (χ2n) is 7.69. The summed E-state index contributed by atoms with van der Waals surface area (Å²) in [6.07, 6.45) is 5.46. The average Bonchev–Trinajstić information content (AvgIpc) is 2.96. The van der Waals surface area contributed by atoms with Crippen LogP contribution in [0.4, 0.5) is 0 Å². The Bertz CT molecular complexity index is 454. The maximum Gasteiger partial charge on any atom is 0.0327 e. The van der Waals surface area contributed by atoms with E-state index in [0.717, 1.165) is 24.7 Å². The van der Waals surface area contributed by atoms with Gasteiger partial charge in [-0.05, 0) is 50.3 Å². The van der Waals surface area contributed by atoms with Crippen LogP contribution >= 0.6 is 23.7 Å². The highest BCUT2D eigenvalue weighted by Gasteiger charge is 2.35. The zero-order valence-corrected chi connectivity index (χ0v) is 15.3. The van der Waals surface area contributed by atoms with Gasteiger partial charge in [-0.3, -0.25) is 4.90 Å². The van der Waals surface area contributed by atoms with Crippen molar-refractivity contribution in [2.24, 2.45) is 0 Å². The van der Waals surface area contributed by atoms with Crippen molar-refractivity contribution in [2.75, 3.05) is 7.05 Å². The Kier molecular flexibility index (Phi) is 5.40. The van der Waals surface area contributed by atoms with Gasteiger partial charge in [0.1, 0.15) is 0 Å². The van der Waals surface area contributed by atoms with Crippen molar-refractivity contribution in [2.45, 2.75) is 76.5 Å². The van der Waals surface area contributed by atoms with Crippen molar-refractivity contribution in [1.82, 2.24) is 10.2 Å². The number of nitrogens with one attached hydrogen (secondary N) is 1. The average molecular weight is 329 g/mol. The maximum absolute atomic E-state index is 3.74. The molecule has 3 heterocycles. The number of fused-ring (bicyclic) bond motifs is 2. The monoisotopic (exact) mass is 328 g/mol. The van der Waals surface area contributed by atoms with E-state index in [1.54, 1.807) is 0 Å². The molecule has 2 aliphatic heterocycles. The first kappa shape index (κ1) is 17.3. The highest BCUT2D eigenvalue weighted by Crippen LogP contribution is 2.32. The standard InChI is InChI=1S/C17H28N2S.ClH/c1-17(2,3)16-8-7-15(20-16)11-19(4)14-9-12-5-6-13(10-14)18-12;/h7-8,12-14,18H,5-6,9-11H2,1-4H3;1H. The third-order valence-corrected chi connectivity index (χ3v) is 6.37. The van der Waals surface area contributed by atoms with Gasteiger partial charge >= 0.3 is 0 Å². The van der Waals surface area contributed by atoms with Gasteiger partial charge in [-0.15, -0.1) is 23.7 Å². The fraction of sp³-hybridized carbons (Fsp3) is 0.765. The molecule has 0 amide bonds. The first-order valence-electron chi connectivity index (χ1n) is 7.97. The third-order valence-electron chi connectivity index (χ3n) is 4.88. The van der Waals surface area contributed by atoms with E-state index in [1.165, 1.54) is 35.4 Å². The van der Waals surface area contributed by atoms with Crippen LogP contribution in [0, 0.1) is 0 Å². The highest BCUT2D eigenvalue weighted by atomic mass is 35.5. The molecule has 2 atom stereocenters. The Balaban J connectivity index is 0.00000161. The van der Waals surface area contributed by atoms with Crippen LogP contribution in [0.1, 0.15) is 56.2 Å². The van der Waals surface area contributed by atoms with Crippen LogP contribution in [0.2, 0.25) is 0 Å². The topological polar surface area (TPSA) is 15.3 Å². The van der Waals surface area contributed by atoms with Crippen LogP contribution in [0.3, 0.4) is 0 Å². The van der Waals surface area contributed by atoms with Gasteiger partial charge in [-0.1, -0.05) is 20.8 Å². The first-order chi connectivity index (χ1) is 9.41. The molecular weight excluding hydrogens is 300 g/mol. The molecular formula is C17H29ClN2S. The minimum absolute atomic E-state index is 0. The Morgan fingerprint density at radius 2 is 1.81 bits per heavy atom. The number of hydrogen-bond acceptors (Lipinski definition) is 3. The lowest BCUT2D eigenvalue weighted by atomic mass is 9.95. The van der Waals surface area contributed by atoms with Crippen molar-refractivity contribution < 1.29 is 0 Å². The summed E-state index contributed by atoms with van der Waals surface area (Å²) in [6, 6.07) is 7.00. The summed E-state index contributed by atoms with van der Waals surface area (Å²) in [6.45, 7) is 8.02. The van der Waals surface area contributed by atoms with E-state index < -0.39 is 0 Å². The van der Waals surface area contributed by atoms with Crippen molar-refractivity contribution in [3.8, 4) is 0 Å². The van der Waals surface area contributed by atoms with Crippen LogP contribution in [-0.2, 0) is 12.0 Å². The predicted molar refractivity (Wildman–Crippen MR) is 94.7 cm³/mol. The van der Waals surface area contributed by atoms with Crippen LogP contribution in [0.25, 0.3) is 0 Å². The van der Waals surface area contributed by atoms with Gasteiger partial charge in [0, 0.05) is 34.4 Å². The molecule has 4 heteroatoms. The molecule has 1 aromatic rings. The van der Waals surface area contributed by atoms with E-state index in [2.05, 4.69) is 50.2 Å². The van der Waals surface area contributed by atoms with Gasteiger partial charge < -0.3 is 5.32 Å². The van der Waals surface area contributed by atoms with Gasteiger partial charge in [-0.2, -0.15) is 0 Å². The summed E-state index contributed by atoms with van der Waals surface area (Å²) in [5, 5.41) is 3.74. The molecule has 0 radical (unpaired) electrons. The fourth-order valence-electron chi connectivity index (χ4n) is 3.63. The molecule has 2 bridgehead atoms. The molecule has 0 spiro atoms. The SMILES string of the molecule is CN(Cc1ccc(C(C)(C)C)s1)C1CC2CCC(C1)N2.Cl. The van der Waals surface area contributed by atoms with E-state index in [1.807, 2.05) is 11.3 Å². The number of hydrogen-bond donors (Lipinski definition) is 1. The Morgan fingerprint density at radius 1 is 1.19 bits per heavy atom. The molecule has 2 nitrogen and oxygen atoms in total. The summed E-state index contributed by atoms with van der Waals surface area (Å²) in [4.78, 5) is 5.61. The van der Waals surface area contributed by atoms with Gasteiger partial charge in [-0.25, -0.2) is 0 Å². The Morgan fingerprint density at radius 3 is 2.33 bits per heavy atom. The van der Waals surface area contributed by atoms with E-state index in [9.17, 15) is 0 Å². The van der Waals surface area contributed by atoms with Crippen LogP contribution in [-0.4, -0.2) is 30.1 Å². The van der Waals surface area contributed by atoms with E-state index >= 15 is 0 Å². The zero-order valence-electron chi connectivity index (χ0n) is 13.7. The molecule has 2 unspecified atom stereocenters. The molecule has 120 valence electrons. The number of halogens is 1. The largest absolute Gasteiger partial charge is 0.311 e. The summed E-state index contributed by atoms with van der Waals surface area (Å²) >= 11 is 1.99. The van der Waals surface area contributed by atoms with Crippen molar-refractivity contribution >= 4 is 23.7 Å². The van der Waals surface area contributed by atoms with Crippen molar-refractivity contribution in [1.29, 1.82) is 0 Å². The molecule has 3 rings (SSSR count). The molecule has 2 aliphatic rings. The lowest BCUT2D eigenvalue weighted by molar-refractivity contribution is 0.167. The normalized spacial score (nSPS) is 28.7. The van der Waals surface area contributed by atoms with Crippen LogP contribution < -0.4 is 5.32 Å². The number of rotatable bonds is 3. The fourth-order valence-corrected chi connectivity index (χ4v) is 4.76. The third kappa shape index (κ3) is 4.01. The minimum Gasteiger partial charge on any atom is -0.311 e. The van der Waals surface area contributed by atoms with Crippen molar-refractivity contribution in [3.63, 3.8) is 0 Å². The molecule has 21 heavy (non-hydrogen) atoms. The number of piperidine rings is 1. The summed E-state index contributed by atoms with van der Waals surface area (Å²) in [5.41, 5.74) is 0.287. The summed E-state index contributed by atoms with van der Waals surface area (Å²) in [5.74, 6) is 0. The molecule has 1 aromatic heterocycles. The summed E-state index contributed by atoms with van der Waals surface area (Å²) in [7, 11) is 2.31. The lowest BCUT2D eigenvalue weighted by Crippen LogP contribution is -2.46. The van der Waals surface area contributed by atoms with Crippen molar-refractivity contribution in [3.05, 3.63) is 21.9 Å². The van der Waals surface area contributed by atoms with E-state index in [0.29, 0.717) is 0 Å². The van der Waals surface area contributed by atoms with Crippen LogP contribution in [0.5, 0.6) is 0 Å². The summed E-state index contributed by atoms with van der Waals surface area (Å²) < 4.78 is 0. The van der Waals surface area contributed by atoms with Gasteiger partial charge in [0.2, 0.25) is 0 Å². The lowest BCUT2D eigenvalue weighted by Gasteiger charge is -2.35. The molecule has 2 fully saturated rings. The van der Waals surface area contributed by atoms with Gasteiger partial charge in [0.05, 0.1) is 0 Å². The predicted octanol–water partition coefficient (Wildman–Crippen LogP) is 4.18. The molecule has 1 N–H and O–H groups in total. The van der Waals surface area contributed by atoms with E-state index in [-0.39, 0.29) is 17.8 Å². The Labute approximate surface area is 139 Å². The number of thiophene rings is 1. The number of nitrogens with zero attached hydrogens (tertiary/aromatic N) is 1. The molecule has 0 saturated carbocycles. The smallest absolute Gasteiger partial charge is 0.0327 e.